The highest BCUT2D eigenvalue weighted by molar-refractivity contribution is 5.99. The standard InChI is InChI=1S/C15H20F3NO/c1-10-7-11-12(8-14(2,3)9-13(11)20)19(10)6-4-5-15(16,17)18/h7H,4-6,8-9H2,1-3H3. The second kappa shape index (κ2) is 4.93. The van der Waals surface area contributed by atoms with Crippen LogP contribution in [0.4, 0.5) is 13.2 Å². The Kier molecular flexibility index (Phi) is 3.73. The van der Waals surface area contributed by atoms with E-state index < -0.39 is 12.6 Å². The molecule has 0 unspecified atom stereocenters. The van der Waals surface area contributed by atoms with Crippen molar-refractivity contribution >= 4 is 5.78 Å². The molecule has 2 nitrogen and oxygen atoms in total. The van der Waals surface area contributed by atoms with E-state index in [9.17, 15) is 18.0 Å². The molecule has 0 aromatic carbocycles. The first-order valence-electron chi connectivity index (χ1n) is 6.88. The van der Waals surface area contributed by atoms with Crippen molar-refractivity contribution in [1.82, 2.24) is 4.57 Å². The van der Waals surface area contributed by atoms with Crippen LogP contribution in [0.15, 0.2) is 6.07 Å². The van der Waals surface area contributed by atoms with Gasteiger partial charge in [0.15, 0.2) is 5.78 Å². The summed E-state index contributed by atoms with van der Waals surface area (Å²) in [5, 5.41) is 0. The molecule has 0 aliphatic heterocycles. The quantitative estimate of drug-likeness (QED) is 0.812. The molecule has 1 aromatic rings. The lowest BCUT2D eigenvalue weighted by molar-refractivity contribution is -0.135. The molecule has 112 valence electrons. The zero-order valence-electron chi connectivity index (χ0n) is 12.1. The van der Waals surface area contributed by atoms with Crippen molar-refractivity contribution in [1.29, 1.82) is 0 Å². The van der Waals surface area contributed by atoms with E-state index in [0.717, 1.165) is 17.8 Å². The molecule has 5 heteroatoms. The summed E-state index contributed by atoms with van der Waals surface area (Å²) in [5.41, 5.74) is 2.37. The molecule has 0 atom stereocenters. The smallest absolute Gasteiger partial charge is 0.348 e. The topological polar surface area (TPSA) is 22.0 Å². The maximum atomic E-state index is 12.2. The molecule has 20 heavy (non-hydrogen) atoms. The van der Waals surface area contributed by atoms with Crippen LogP contribution in [0, 0.1) is 12.3 Å². The maximum Gasteiger partial charge on any atom is 0.389 e. The van der Waals surface area contributed by atoms with Gasteiger partial charge in [-0.1, -0.05) is 13.8 Å². The number of halogens is 3. The average molecular weight is 287 g/mol. The first-order valence-corrected chi connectivity index (χ1v) is 6.88. The van der Waals surface area contributed by atoms with Gasteiger partial charge < -0.3 is 4.57 Å². The van der Waals surface area contributed by atoms with Crippen LogP contribution in [0.25, 0.3) is 0 Å². The van der Waals surface area contributed by atoms with E-state index in [1.54, 1.807) is 0 Å². The molecular weight excluding hydrogens is 267 g/mol. The summed E-state index contributed by atoms with van der Waals surface area (Å²) in [5.74, 6) is 0.105. The molecule has 0 saturated carbocycles. The van der Waals surface area contributed by atoms with Gasteiger partial charge in [0.05, 0.1) is 0 Å². The minimum absolute atomic E-state index is 0.0556. The lowest BCUT2D eigenvalue weighted by atomic mass is 9.76. The second-order valence-electron chi connectivity index (χ2n) is 6.46. The normalized spacial score (nSPS) is 18.2. The lowest BCUT2D eigenvalue weighted by Gasteiger charge is -2.30. The van der Waals surface area contributed by atoms with Gasteiger partial charge in [-0.3, -0.25) is 4.79 Å². The molecule has 1 aromatic heterocycles. The minimum Gasteiger partial charge on any atom is -0.348 e. The Hall–Kier alpha value is -1.26. The van der Waals surface area contributed by atoms with Crippen LogP contribution in [0.3, 0.4) is 0 Å². The van der Waals surface area contributed by atoms with E-state index in [2.05, 4.69) is 0 Å². The number of carbonyl (C=O) groups is 1. The van der Waals surface area contributed by atoms with Gasteiger partial charge in [0.2, 0.25) is 0 Å². The molecule has 1 heterocycles. The predicted octanol–water partition coefficient (Wildman–Crippen LogP) is 4.29. The Morgan fingerprint density at radius 3 is 2.55 bits per heavy atom. The maximum absolute atomic E-state index is 12.2. The predicted molar refractivity (Wildman–Crippen MR) is 70.9 cm³/mol. The number of rotatable bonds is 3. The molecule has 0 amide bonds. The van der Waals surface area contributed by atoms with Crippen LogP contribution in [-0.4, -0.2) is 16.5 Å². The van der Waals surface area contributed by atoms with Crippen LogP contribution in [0.1, 0.15) is 54.9 Å². The van der Waals surface area contributed by atoms with Gasteiger partial charge in [-0.15, -0.1) is 0 Å². The van der Waals surface area contributed by atoms with E-state index in [-0.39, 0.29) is 17.6 Å². The van der Waals surface area contributed by atoms with Crippen LogP contribution in [0.5, 0.6) is 0 Å². The van der Waals surface area contributed by atoms with Gasteiger partial charge in [0, 0.05) is 36.3 Å². The summed E-state index contributed by atoms with van der Waals surface area (Å²) in [4.78, 5) is 12.1. The van der Waals surface area contributed by atoms with E-state index in [1.165, 1.54) is 0 Å². The van der Waals surface area contributed by atoms with Crippen molar-refractivity contribution in [2.45, 2.75) is 59.2 Å². The SMILES string of the molecule is Cc1cc2c(n1CCCC(F)(F)F)CC(C)(C)CC2=O. The molecule has 2 rings (SSSR count). The number of nitrogens with zero attached hydrogens (tertiary/aromatic N) is 1. The van der Waals surface area contributed by atoms with Crippen LogP contribution < -0.4 is 0 Å². The summed E-state index contributed by atoms with van der Waals surface area (Å²) < 4.78 is 38.6. The summed E-state index contributed by atoms with van der Waals surface area (Å²) in [6.45, 7) is 6.22. The average Bonchev–Trinajstić information content (AvgIpc) is 2.54. The highest BCUT2D eigenvalue weighted by Gasteiger charge is 2.34. The summed E-state index contributed by atoms with van der Waals surface area (Å²) in [6.07, 6.45) is -3.59. The van der Waals surface area contributed by atoms with Crippen molar-refractivity contribution < 1.29 is 18.0 Å². The van der Waals surface area contributed by atoms with Crippen LogP contribution in [-0.2, 0) is 13.0 Å². The van der Waals surface area contributed by atoms with Gasteiger partial charge in [0.1, 0.15) is 0 Å². The van der Waals surface area contributed by atoms with Crippen molar-refractivity contribution in [3.63, 3.8) is 0 Å². The highest BCUT2D eigenvalue weighted by Crippen LogP contribution is 2.36. The van der Waals surface area contributed by atoms with Crippen LogP contribution in [0.2, 0.25) is 0 Å². The van der Waals surface area contributed by atoms with E-state index in [4.69, 9.17) is 0 Å². The third kappa shape index (κ3) is 3.25. The fourth-order valence-corrected chi connectivity index (χ4v) is 2.96. The third-order valence-corrected chi connectivity index (χ3v) is 3.84. The minimum atomic E-state index is -4.11. The lowest BCUT2D eigenvalue weighted by Crippen LogP contribution is -2.28. The molecule has 0 fully saturated rings. The number of aromatic nitrogens is 1. The summed E-state index contributed by atoms with van der Waals surface area (Å²) >= 11 is 0. The Morgan fingerprint density at radius 1 is 1.30 bits per heavy atom. The zero-order chi connectivity index (χ0) is 15.1. The number of fused-ring (bicyclic) bond motifs is 1. The monoisotopic (exact) mass is 287 g/mol. The molecule has 0 N–H and O–H groups in total. The Bertz CT molecular complexity index is 526. The molecule has 1 aliphatic carbocycles. The van der Waals surface area contributed by atoms with Crippen molar-refractivity contribution in [3.05, 3.63) is 23.0 Å². The number of carbonyl (C=O) groups excluding carboxylic acids is 1. The second-order valence-corrected chi connectivity index (χ2v) is 6.46. The Labute approximate surface area is 117 Å². The molecule has 1 aliphatic rings. The van der Waals surface area contributed by atoms with E-state index >= 15 is 0 Å². The van der Waals surface area contributed by atoms with Crippen molar-refractivity contribution in [3.8, 4) is 0 Å². The summed E-state index contributed by atoms with van der Waals surface area (Å²) in [6, 6.07) is 1.82. The molecule has 0 spiro atoms. The van der Waals surface area contributed by atoms with E-state index in [0.29, 0.717) is 18.5 Å². The first kappa shape index (κ1) is 15.1. The van der Waals surface area contributed by atoms with Crippen molar-refractivity contribution in [2.24, 2.45) is 5.41 Å². The number of Topliss-reactive ketones (excluding diaryl/α,β-unsaturated/α-hetero) is 1. The van der Waals surface area contributed by atoms with Gasteiger partial charge in [-0.25, -0.2) is 0 Å². The fourth-order valence-electron chi connectivity index (χ4n) is 2.96. The Balaban J connectivity index is 2.21. The number of hydrogen-bond acceptors (Lipinski definition) is 1. The summed E-state index contributed by atoms with van der Waals surface area (Å²) in [7, 11) is 0. The molecular formula is C15H20F3NO. The third-order valence-electron chi connectivity index (χ3n) is 3.84. The number of hydrogen-bond donors (Lipinski definition) is 0. The number of alkyl halides is 3. The molecule has 0 saturated heterocycles. The van der Waals surface area contributed by atoms with Crippen LogP contribution >= 0.6 is 0 Å². The fraction of sp³-hybridized carbons (Fsp3) is 0.667. The number of ketones is 1. The zero-order valence-corrected chi connectivity index (χ0v) is 12.1. The highest BCUT2D eigenvalue weighted by atomic mass is 19.4. The van der Waals surface area contributed by atoms with Gasteiger partial charge in [-0.05, 0) is 31.2 Å². The molecule has 0 bridgehead atoms. The largest absolute Gasteiger partial charge is 0.389 e. The first-order chi connectivity index (χ1) is 9.09. The van der Waals surface area contributed by atoms with Gasteiger partial charge in [0.25, 0.3) is 0 Å². The molecule has 0 radical (unpaired) electrons. The van der Waals surface area contributed by atoms with Gasteiger partial charge >= 0.3 is 6.18 Å². The Morgan fingerprint density at radius 2 is 1.95 bits per heavy atom. The van der Waals surface area contributed by atoms with E-state index in [1.807, 2.05) is 31.4 Å². The number of aryl methyl sites for hydroxylation is 1. The van der Waals surface area contributed by atoms with Gasteiger partial charge in [-0.2, -0.15) is 13.2 Å². The van der Waals surface area contributed by atoms with Crippen molar-refractivity contribution in [2.75, 3.05) is 0 Å².